The third-order valence-corrected chi connectivity index (χ3v) is 4.26. The van der Waals surface area contributed by atoms with Crippen LogP contribution in [0, 0.1) is 0 Å². The van der Waals surface area contributed by atoms with Crippen molar-refractivity contribution in [3.8, 4) is 5.75 Å². The Morgan fingerprint density at radius 2 is 1.77 bits per heavy atom. The lowest BCUT2D eigenvalue weighted by Crippen LogP contribution is -2.45. The van der Waals surface area contributed by atoms with Crippen LogP contribution in [0.15, 0.2) is 66.7 Å². The predicted molar refractivity (Wildman–Crippen MR) is 101 cm³/mol. The normalized spacial score (nSPS) is 11.7. The number of hydrogen-bond acceptors (Lipinski definition) is 3. The molecule has 0 aliphatic heterocycles. The average molecular weight is 348 g/mol. The van der Waals surface area contributed by atoms with Crippen LogP contribution < -0.4 is 15.8 Å². The van der Waals surface area contributed by atoms with Gasteiger partial charge in [0.2, 0.25) is 5.91 Å². The van der Waals surface area contributed by atoms with Crippen LogP contribution in [0.4, 0.5) is 0 Å². The van der Waals surface area contributed by atoms with Crippen LogP contribution in [0.25, 0.3) is 10.8 Å². The number of ether oxygens (including phenoxy) is 1. The van der Waals surface area contributed by atoms with Gasteiger partial charge in [0.25, 0.3) is 5.91 Å². The maximum atomic E-state index is 12.7. The number of nitrogens with one attached hydrogen (secondary N) is 1. The largest absolute Gasteiger partial charge is 0.497 e. The number of fused-ring (bicyclic) bond motifs is 1. The van der Waals surface area contributed by atoms with Gasteiger partial charge in [0.05, 0.1) is 7.11 Å². The van der Waals surface area contributed by atoms with E-state index in [1.54, 1.807) is 13.2 Å². The van der Waals surface area contributed by atoms with Gasteiger partial charge in [-0.15, -0.1) is 0 Å². The highest BCUT2D eigenvalue weighted by Crippen LogP contribution is 2.19. The zero-order valence-corrected chi connectivity index (χ0v) is 14.4. The molecule has 3 aromatic rings. The zero-order chi connectivity index (χ0) is 18.5. The molecule has 0 heterocycles. The Kier molecular flexibility index (Phi) is 5.17. The third-order valence-electron chi connectivity index (χ3n) is 4.26. The maximum absolute atomic E-state index is 12.7. The van der Waals surface area contributed by atoms with Crippen molar-refractivity contribution in [3.05, 3.63) is 77.9 Å². The van der Waals surface area contributed by atoms with Crippen molar-refractivity contribution in [2.75, 3.05) is 7.11 Å². The smallest absolute Gasteiger partial charge is 0.252 e. The van der Waals surface area contributed by atoms with Gasteiger partial charge < -0.3 is 15.8 Å². The topological polar surface area (TPSA) is 81.4 Å². The fourth-order valence-electron chi connectivity index (χ4n) is 2.92. The second-order valence-electron chi connectivity index (χ2n) is 6.01. The molecule has 0 saturated heterocycles. The highest BCUT2D eigenvalue weighted by Gasteiger charge is 2.20. The summed E-state index contributed by atoms with van der Waals surface area (Å²) in [5.41, 5.74) is 6.88. The van der Waals surface area contributed by atoms with E-state index >= 15 is 0 Å². The summed E-state index contributed by atoms with van der Waals surface area (Å²) in [6.45, 7) is 0. The number of amides is 2. The lowest BCUT2D eigenvalue weighted by molar-refractivity contribution is -0.119. The number of rotatable bonds is 6. The van der Waals surface area contributed by atoms with Gasteiger partial charge in [0, 0.05) is 12.0 Å². The van der Waals surface area contributed by atoms with Crippen molar-refractivity contribution in [1.82, 2.24) is 5.32 Å². The van der Waals surface area contributed by atoms with Gasteiger partial charge >= 0.3 is 0 Å². The monoisotopic (exact) mass is 348 g/mol. The first kappa shape index (κ1) is 17.5. The number of nitrogens with two attached hydrogens (primary N) is 1. The molecule has 0 aliphatic rings. The summed E-state index contributed by atoms with van der Waals surface area (Å²) in [5.74, 6) is -0.221. The number of carbonyl (C=O) groups excluding carboxylic acids is 2. The second kappa shape index (κ2) is 7.70. The van der Waals surface area contributed by atoms with E-state index in [1.807, 2.05) is 60.7 Å². The van der Waals surface area contributed by atoms with Gasteiger partial charge in [-0.3, -0.25) is 9.59 Å². The molecule has 3 N–H and O–H groups in total. The number of carbonyl (C=O) groups is 2. The first-order valence-corrected chi connectivity index (χ1v) is 8.29. The average Bonchev–Trinajstić information content (AvgIpc) is 2.67. The van der Waals surface area contributed by atoms with Gasteiger partial charge in [-0.25, -0.2) is 0 Å². The van der Waals surface area contributed by atoms with Crippen LogP contribution in [-0.2, 0) is 11.2 Å². The van der Waals surface area contributed by atoms with Crippen molar-refractivity contribution in [3.63, 3.8) is 0 Å². The molecule has 3 rings (SSSR count). The lowest BCUT2D eigenvalue weighted by atomic mass is 10.0. The van der Waals surface area contributed by atoms with Crippen molar-refractivity contribution in [2.24, 2.45) is 5.73 Å². The van der Waals surface area contributed by atoms with E-state index < -0.39 is 11.9 Å². The van der Waals surface area contributed by atoms with E-state index in [4.69, 9.17) is 10.5 Å². The molecule has 0 fully saturated rings. The first-order chi connectivity index (χ1) is 12.6. The highest BCUT2D eigenvalue weighted by atomic mass is 16.5. The number of methoxy groups -OCH3 is 1. The molecule has 26 heavy (non-hydrogen) atoms. The van der Waals surface area contributed by atoms with Gasteiger partial charge in [-0.2, -0.15) is 0 Å². The summed E-state index contributed by atoms with van der Waals surface area (Å²) in [6.07, 6.45) is 0.295. The summed E-state index contributed by atoms with van der Waals surface area (Å²) >= 11 is 0. The second-order valence-corrected chi connectivity index (χ2v) is 6.01. The standard InChI is InChI=1S/C21H20N2O3/c1-26-16-9-4-6-14(12-16)13-19(20(22)24)23-21(25)18-11-5-8-15-7-2-3-10-17(15)18/h2-12,19H,13H2,1H3,(H2,22,24)(H,23,25)/t19-/m0/s1. The fraction of sp³-hybridized carbons (Fsp3) is 0.143. The molecule has 5 heteroatoms. The predicted octanol–water partition coefficient (Wildman–Crippen LogP) is 2.67. The Balaban J connectivity index is 1.83. The first-order valence-electron chi connectivity index (χ1n) is 8.29. The van der Waals surface area contributed by atoms with E-state index in [1.165, 1.54) is 0 Å². The van der Waals surface area contributed by atoms with E-state index in [0.29, 0.717) is 17.7 Å². The summed E-state index contributed by atoms with van der Waals surface area (Å²) in [4.78, 5) is 24.6. The third kappa shape index (κ3) is 3.83. The van der Waals surface area contributed by atoms with Crippen LogP contribution in [0.2, 0.25) is 0 Å². The Hall–Kier alpha value is -3.34. The van der Waals surface area contributed by atoms with Crippen molar-refractivity contribution in [1.29, 1.82) is 0 Å². The molecule has 0 spiro atoms. The Morgan fingerprint density at radius 1 is 1.04 bits per heavy atom. The lowest BCUT2D eigenvalue weighted by Gasteiger charge is -2.17. The van der Waals surface area contributed by atoms with E-state index in [-0.39, 0.29) is 5.91 Å². The minimum absolute atomic E-state index is 0.295. The van der Waals surface area contributed by atoms with Crippen LogP contribution in [0.1, 0.15) is 15.9 Å². The zero-order valence-electron chi connectivity index (χ0n) is 14.4. The van der Waals surface area contributed by atoms with Crippen molar-refractivity contribution >= 4 is 22.6 Å². The number of benzene rings is 3. The van der Waals surface area contributed by atoms with Crippen LogP contribution in [0.5, 0.6) is 5.75 Å². The summed E-state index contributed by atoms with van der Waals surface area (Å²) in [7, 11) is 1.58. The molecule has 132 valence electrons. The number of hydrogen-bond donors (Lipinski definition) is 2. The molecule has 3 aromatic carbocycles. The van der Waals surface area contributed by atoms with E-state index in [9.17, 15) is 9.59 Å². The molecule has 0 unspecified atom stereocenters. The molecule has 5 nitrogen and oxygen atoms in total. The molecule has 0 aliphatic carbocycles. The molecule has 1 atom stereocenters. The molecular weight excluding hydrogens is 328 g/mol. The molecular formula is C21H20N2O3. The Morgan fingerprint density at radius 3 is 2.54 bits per heavy atom. The fourth-order valence-corrected chi connectivity index (χ4v) is 2.92. The van der Waals surface area contributed by atoms with Gasteiger partial charge in [-0.05, 0) is 34.5 Å². The molecule has 2 amide bonds. The van der Waals surface area contributed by atoms with Crippen LogP contribution in [0.3, 0.4) is 0 Å². The minimum Gasteiger partial charge on any atom is -0.497 e. The van der Waals surface area contributed by atoms with Gasteiger partial charge in [0.15, 0.2) is 0 Å². The quantitative estimate of drug-likeness (QED) is 0.718. The summed E-state index contributed by atoms with van der Waals surface area (Å²) in [5, 5.41) is 4.55. The van der Waals surface area contributed by atoms with Crippen LogP contribution in [-0.4, -0.2) is 25.0 Å². The summed E-state index contributed by atoms with van der Waals surface area (Å²) < 4.78 is 5.19. The molecule has 0 saturated carbocycles. The van der Waals surface area contributed by atoms with Crippen molar-refractivity contribution in [2.45, 2.75) is 12.5 Å². The summed E-state index contributed by atoms with van der Waals surface area (Å²) in [6, 6.07) is 19.6. The molecule has 0 bridgehead atoms. The van der Waals surface area contributed by atoms with Crippen molar-refractivity contribution < 1.29 is 14.3 Å². The van der Waals surface area contributed by atoms with Gasteiger partial charge in [0.1, 0.15) is 11.8 Å². The van der Waals surface area contributed by atoms with Crippen LogP contribution >= 0.6 is 0 Å². The highest BCUT2D eigenvalue weighted by molar-refractivity contribution is 6.08. The SMILES string of the molecule is COc1cccc(C[C@H](NC(=O)c2cccc3ccccc23)C(N)=O)c1. The Bertz CT molecular complexity index is 947. The number of primary amides is 1. The van der Waals surface area contributed by atoms with E-state index in [0.717, 1.165) is 16.3 Å². The Labute approximate surface area is 151 Å². The van der Waals surface area contributed by atoms with E-state index in [2.05, 4.69) is 5.32 Å². The molecule has 0 radical (unpaired) electrons. The minimum atomic E-state index is -0.812. The molecule has 0 aromatic heterocycles. The maximum Gasteiger partial charge on any atom is 0.252 e. The van der Waals surface area contributed by atoms with Gasteiger partial charge in [-0.1, -0.05) is 48.5 Å².